The van der Waals surface area contributed by atoms with Crippen molar-refractivity contribution in [1.29, 1.82) is 0 Å². The SMILES string of the molecule is COc1cc(Cl)ccc1C(=O)NCCCCO. The predicted molar refractivity (Wildman–Crippen MR) is 66.7 cm³/mol. The first-order valence-corrected chi connectivity index (χ1v) is 5.79. The summed E-state index contributed by atoms with van der Waals surface area (Å²) in [6.45, 7) is 0.672. The predicted octanol–water partition coefficient (Wildman–Crippen LogP) is 1.85. The van der Waals surface area contributed by atoms with Gasteiger partial charge in [0.05, 0.1) is 12.7 Å². The maximum Gasteiger partial charge on any atom is 0.255 e. The zero-order valence-electron chi connectivity index (χ0n) is 9.70. The quantitative estimate of drug-likeness (QED) is 0.765. The molecule has 0 spiro atoms. The molecule has 0 atom stereocenters. The third-order valence-corrected chi connectivity index (χ3v) is 2.51. The molecule has 0 fully saturated rings. The van der Waals surface area contributed by atoms with E-state index in [1.165, 1.54) is 7.11 Å². The van der Waals surface area contributed by atoms with Gasteiger partial charge in [0.1, 0.15) is 5.75 Å². The molecule has 1 amide bonds. The average Bonchev–Trinajstić information content (AvgIpc) is 2.34. The van der Waals surface area contributed by atoms with Crippen molar-refractivity contribution in [3.8, 4) is 5.75 Å². The number of methoxy groups -OCH3 is 1. The highest BCUT2D eigenvalue weighted by molar-refractivity contribution is 6.30. The maximum absolute atomic E-state index is 11.8. The van der Waals surface area contributed by atoms with Crippen LogP contribution in [0.1, 0.15) is 23.2 Å². The summed E-state index contributed by atoms with van der Waals surface area (Å²) in [5, 5.41) is 11.9. The average molecular weight is 258 g/mol. The standard InChI is InChI=1S/C12H16ClNO3/c1-17-11-8-9(13)4-5-10(11)12(16)14-6-2-3-7-15/h4-5,8,15H,2-3,6-7H2,1H3,(H,14,16). The minimum Gasteiger partial charge on any atom is -0.496 e. The fourth-order valence-electron chi connectivity index (χ4n) is 1.39. The number of rotatable bonds is 6. The van der Waals surface area contributed by atoms with E-state index in [0.29, 0.717) is 29.3 Å². The molecule has 2 N–H and O–H groups in total. The number of halogens is 1. The molecule has 0 unspecified atom stereocenters. The van der Waals surface area contributed by atoms with Gasteiger partial charge in [-0.05, 0) is 31.0 Å². The summed E-state index contributed by atoms with van der Waals surface area (Å²) in [6, 6.07) is 4.87. The third kappa shape index (κ3) is 4.24. The van der Waals surface area contributed by atoms with Crippen LogP contribution in [-0.2, 0) is 0 Å². The van der Waals surface area contributed by atoms with E-state index in [1.54, 1.807) is 18.2 Å². The number of aliphatic hydroxyl groups excluding tert-OH is 1. The summed E-state index contributed by atoms with van der Waals surface area (Å²) in [5.74, 6) is 0.258. The van der Waals surface area contributed by atoms with E-state index < -0.39 is 0 Å². The molecule has 1 rings (SSSR count). The van der Waals surface area contributed by atoms with Crippen LogP contribution in [0.3, 0.4) is 0 Å². The van der Waals surface area contributed by atoms with Crippen molar-refractivity contribution in [2.24, 2.45) is 0 Å². The van der Waals surface area contributed by atoms with Crippen LogP contribution in [0.25, 0.3) is 0 Å². The van der Waals surface area contributed by atoms with E-state index in [1.807, 2.05) is 0 Å². The van der Waals surface area contributed by atoms with E-state index in [2.05, 4.69) is 5.32 Å². The molecule has 94 valence electrons. The van der Waals surface area contributed by atoms with Gasteiger partial charge >= 0.3 is 0 Å². The number of carbonyl (C=O) groups is 1. The second kappa shape index (κ2) is 7.14. The van der Waals surface area contributed by atoms with Crippen LogP contribution in [0, 0.1) is 0 Å². The Labute approximate surface area is 106 Å². The van der Waals surface area contributed by atoms with Crippen LogP contribution in [-0.4, -0.2) is 31.3 Å². The monoisotopic (exact) mass is 257 g/mol. The molecule has 1 aromatic rings. The van der Waals surface area contributed by atoms with Crippen LogP contribution in [0.15, 0.2) is 18.2 Å². The van der Waals surface area contributed by atoms with Crippen molar-refractivity contribution >= 4 is 17.5 Å². The fraction of sp³-hybridized carbons (Fsp3) is 0.417. The van der Waals surface area contributed by atoms with Crippen molar-refractivity contribution in [1.82, 2.24) is 5.32 Å². The van der Waals surface area contributed by atoms with E-state index >= 15 is 0 Å². The van der Waals surface area contributed by atoms with Gasteiger partial charge in [-0.2, -0.15) is 0 Å². The molecule has 0 heterocycles. The zero-order valence-corrected chi connectivity index (χ0v) is 10.5. The number of hydrogen-bond donors (Lipinski definition) is 2. The molecule has 0 aliphatic heterocycles. The van der Waals surface area contributed by atoms with E-state index in [0.717, 1.165) is 6.42 Å². The van der Waals surface area contributed by atoms with Gasteiger partial charge in [0.2, 0.25) is 0 Å². The van der Waals surface area contributed by atoms with Gasteiger partial charge in [0.15, 0.2) is 0 Å². The van der Waals surface area contributed by atoms with Crippen LogP contribution < -0.4 is 10.1 Å². The van der Waals surface area contributed by atoms with Gasteiger partial charge in [0, 0.05) is 18.2 Å². The fourth-order valence-corrected chi connectivity index (χ4v) is 1.55. The van der Waals surface area contributed by atoms with Gasteiger partial charge < -0.3 is 15.2 Å². The van der Waals surface area contributed by atoms with E-state index in [9.17, 15) is 4.79 Å². The molecule has 0 aliphatic carbocycles. The van der Waals surface area contributed by atoms with Gasteiger partial charge in [-0.15, -0.1) is 0 Å². The molecule has 4 nitrogen and oxygen atoms in total. The van der Waals surface area contributed by atoms with E-state index in [4.69, 9.17) is 21.4 Å². The van der Waals surface area contributed by atoms with Crippen LogP contribution in [0.2, 0.25) is 5.02 Å². The topological polar surface area (TPSA) is 58.6 Å². The Morgan fingerprint density at radius 2 is 2.24 bits per heavy atom. The Hall–Kier alpha value is -1.26. The van der Waals surface area contributed by atoms with Gasteiger partial charge in [-0.1, -0.05) is 11.6 Å². The third-order valence-electron chi connectivity index (χ3n) is 2.28. The van der Waals surface area contributed by atoms with Gasteiger partial charge in [-0.3, -0.25) is 4.79 Å². The molecule has 0 aromatic heterocycles. The number of carbonyl (C=O) groups excluding carboxylic acids is 1. The number of amides is 1. The minimum absolute atomic E-state index is 0.139. The molecule has 1 aromatic carbocycles. The molecule has 5 heteroatoms. The molecular weight excluding hydrogens is 242 g/mol. The molecule has 0 aliphatic rings. The highest BCUT2D eigenvalue weighted by atomic mass is 35.5. The van der Waals surface area contributed by atoms with Crippen LogP contribution in [0.5, 0.6) is 5.75 Å². The zero-order chi connectivity index (χ0) is 12.7. The van der Waals surface area contributed by atoms with Crippen molar-refractivity contribution in [3.63, 3.8) is 0 Å². The Morgan fingerprint density at radius 3 is 2.88 bits per heavy atom. The summed E-state index contributed by atoms with van der Waals surface area (Å²) in [6.07, 6.45) is 1.43. The first-order valence-electron chi connectivity index (χ1n) is 5.41. The number of hydrogen-bond acceptors (Lipinski definition) is 3. The van der Waals surface area contributed by atoms with E-state index in [-0.39, 0.29) is 12.5 Å². The lowest BCUT2D eigenvalue weighted by Gasteiger charge is -2.09. The van der Waals surface area contributed by atoms with Crippen molar-refractivity contribution in [2.75, 3.05) is 20.3 Å². The Bertz CT molecular complexity index is 382. The highest BCUT2D eigenvalue weighted by Crippen LogP contribution is 2.22. The normalized spacial score (nSPS) is 10.1. The number of unbranched alkanes of at least 4 members (excludes halogenated alkanes) is 1. The smallest absolute Gasteiger partial charge is 0.255 e. The van der Waals surface area contributed by atoms with Crippen molar-refractivity contribution < 1.29 is 14.6 Å². The lowest BCUT2D eigenvalue weighted by atomic mass is 10.2. The number of aliphatic hydroxyl groups is 1. The number of benzene rings is 1. The Kier molecular flexibility index (Phi) is 5.80. The van der Waals surface area contributed by atoms with Crippen LogP contribution >= 0.6 is 11.6 Å². The summed E-state index contributed by atoms with van der Waals surface area (Å²) in [7, 11) is 1.49. The summed E-state index contributed by atoms with van der Waals surface area (Å²) >= 11 is 5.81. The second-order valence-corrected chi connectivity index (χ2v) is 3.97. The minimum atomic E-state index is -0.198. The molecule has 0 radical (unpaired) electrons. The van der Waals surface area contributed by atoms with Crippen molar-refractivity contribution in [2.45, 2.75) is 12.8 Å². The van der Waals surface area contributed by atoms with Gasteiger partial charge in [-0.25, -0.2) is 0 Å². The highest BCUT2D eigenvalue weighted by Gasteiger charge is 2.11. The first-order chi connectivity index (χ1) is 8.19. The summed E-state index contributed by atoms with van der Waals surface area (Å²) < 4.78 is 5.09. The van der Waals surface area contributed by atoms with Crippen molar-refractivity contribution in [3.05, 3.63) is 28.8 Å². The molecule has 0 saturated heterocycles. The second-order valence-electron chi connectivity index (χ2n) is 3.53. The molecular formula is C12H16ClNO3. The Morgan fingerprint density at radius 1 is 1.47 bits per heavy atom. The maximum atomic E-state index is 11.8. The molecule has 17 heavy (non-hydrogen) atoms. The summed E-state index contributed by atoms with van der Waals surface area (Å²) in [5.41, 5.74) is 0.459. The first kappa shape index (κ1) is 13.8. The molecule has 0 bridgehead atoms. The number of ether oxygens (including phenoxy) is 1. The van der Waals surface area contributed by atoms with Gasteiger partial charge in [0.25, 0.3) is 5.91 Å². The van der Waals surface area contributed by atoms with Crippen LogP contribution in [0.4, 0.5) is 0 Å². The number of nitrogens with one attached hydrogen (secondary N) is 1. The lowest BCUT2D eigenvalue weighted by Crippen LogP contribution is -2.25. The largest absolute Gasteiger partial charge is 0.496 e. The lowest BCUT2D eigenvalue weighted by molar-refractivity contribution is 0.0949. The Balaban J connectivity index is 2.62. The molecule has 0 saturated carbocycles. The summed E-state index contributed by atoms with van der Waals surface area (Å²) in [4.78, 5) is 11.8.